The van der Waals surface area contributed by atoms with Crippen LogP contribution in [0.1, 0.15) is 33.6 Å². The number of morpholine rings is 1. The van der Waals surface area contributed by atoms with Crippen LogP contribution in [0.15, 0.2) is 53.5 Å². The molecule has 5 rings (SSSR count). The monoisotopic (exact) mass is 694 g/mol. The highest BCUT2D eigenvalue weighted by Gasteiger charge is 2.37. The lowest BCUT2D eigenvalue weighted by atomic mass is 9.93. The predicted octanol–water partition coefficient (Wildman–Crippen LogP) is 5.49. The molecule has 0 radical (unpaired) electrons. The van der Waals surface area contributed by atoms with Crippen molar-refractivity contribution in [3.63, 3.8) is 0 Å². The van der Waals surface area contributed by atoms with Gasteiger partial charge in [0.1, 0.15) is 23.2 Å². The molecule has 3 heterocycles. The van der Waals surface area contributed by atoms with Gasteiger partial charge in [0.05, 0.1) is 35.9 Å². The number of amides is 1. The number of pyridine rings is 2. The van der Waals surface area contributed by atoms with Gasteiger partial charge in [0.15, 0.2) is 0 Å². The molecule has 16 heteroatoms. The summed E-state index contributed by atoms with van der Waals surface area (Å²) in [7, 11) is 1.32. The lowest BCUT2D eigenvalue weighted by Gasteiger charge is -2.37. The number of rotatable bonds is 9. The summed E-state index contributed by atoms with van der Waals surface area (Å²) < 4.78 is 105. The van der Waals surface area contributed by atoms with Crippen LogP contribution >= 0.6 is 0 Å². The first-order valence-corrected chi connectivity index (χ1v) is 14.9. The minimum absolute atomic E-state index is 0.0529. The molecular weight excluding hydrogens is 665 g/mol. The molecule has 2 aromatic heterocycles. The molecule has 1 aliphatic heterocycles. The highest BCUT2D eigenvalue weighted by molar-refractivity contribution is 5.99. The van der Waals surface area contributed by atoms with Crippen LogP contribution in [0.25, 0.3) is 22.0 Å². The van der Waals surface area contributed by atoms with E-state index in [1.165, 1.54) is 49.3 Å². The fourth-order valence-corrected chi connectivity index (χ4v) is 5.90. The Morgan fingerprint density at radius 3 is 2.45 bits per heavy atom. The van der Waals surface area contributed by atoms with E-state index in [9.17, 15) is 41.4 Å². The van der Waals surface area contributed by atoms with Crippen LogP contribution in [-0.4, -0.2) is 64.8 Å². The van der Waals surface area contributed by atoms with Gasteiger partial charge in [0.25, 0.3) is 11.5 Å². The SMILES string of the molecule is Cc1cc(C(F)(F)F)c(-c2ccc(C[C@H](NC(=O)c3c(F)cc(N4CCOC[C@@H]4CC(F)F)cc3F)C(=O)O)c3cccnc23)c(=O)n1C. The summed E-state index contributed by atoms with van der Waals surface area (Å²) >= 11 is 0. The number of nitrogens with one attached hydrogen (secondary N) is 1. The molecule has 0 spiro atoms. The zero-order chi connectivity index (χ0) is 35.8. The highest BCUT2D eigenvalue weighted by atomic mass is 19.4. The van der Waals surface area contributed by atoms with Crippen molar-refractivity contribution in [1.82, 2.24) is 14.9 Å². The largest absolute Gasteiger partial charge is 0.480 e. The zero-order valence-electron chi connectivity index (χ0n) is 26.0. The number of hydrogen-bond donors (Lipinski definition) is 2. The molecule has 1 aliphatic rings. The third-order valence-corrected chi connectivity index (χ3v) is 8.40. The van der Waals surface area contributed by atoms with E-state index in [4.69, 9.17) is 4.74 Å². The number of aliphatic carboxylic acids is 1. The van der Waals surface area contributed by atoms with Crippen LogP contribution in [0.5, 0.6) is 0 Å². The van der Waals surface area contributed by atoms with E-state index >= 15 is 8.78 Å². The van der Waals surface area contributed by atoms with E-state index in [-0.39, 0.29) is 53.2 Å². The standard InChI is InChI=1S/C33H29F7N4O5/c1-16-10-22(33(38,39)40)27(31(46)43(16)2)21-6-5-17(20-4-3-7-41-29(20)21)11-25(32(47)48)42-30(45)28-23(34)12-18(13-24(28)35)44-8-9-49-15-19(44)14-26(36)37/h3-7,10,12-13,19,25-26H,8-9,11,14-15H2,1-2H3,(H,42,45)(H,47,48)/t19-,25-/m0/s1. The third-order valence-electron chi connectivity index (χ3n) is 8.40. The van der Waals surface area contributed by atoms with Crippen LogP contribution in [0.4, 0.5) is 36.4 Å². The van der Waals surface area contributed by atoms with Crippen LogP contribution in [-0.2, 0) is 29.2 Å². The van der Waals surface area contributed by atoms with Crippen molar-refractivity contribution in [1.29, 1.82) is 0 Å². The fraction of sp³-hybridized carbons (Fsp3) is 0.333. The summed E-state index contributed by atoms with van der Waals surface area (Å²) in [6.45, 7) is 1.41. The van der Waals surface area contributed by atoms with Gasteiger partial charge in [-0.25, -0.2) is 22.4 Å². The molecule has 2 aromatic carbocycles. The average molecular weight is 695 g/mol. The average Bonchev–Trinajstić information content (AvgIpc) is 3.02. The van der Waals surface area contributed by atoms with Crippen LogP contribution < -0.4 is 15.8 Å². The van der Waals surface area contributed by atoms with Gasteiger partial charge in [0.2, 0.25) is 6.43 Å². The summed E-state index contributed by atoms with van der Waals surface area (Å²) in [5.41, 5.74) is -3.96. The number of fused-ring (bicyclic) bond motifs is 1. The molecule has 1 fully saturated rings. The summed E-state index contributed by atoms with van der Waals surface area (Å²) in [6.07, 6.45) is -7.45. The molecule has 0 saturated carbocycles. The number of carbonyl (C=O) groups excluding carboxylic acids is 1. The van der Waals surface area contributed by atoms with Crippen molar-refractivity contribution in [2.45, 2.75) is 44.5 Å². The van der Waals surface area contributed by atoms with E-state index in [0.29, 0.717) is 0 Å². The van der Waals surface area contributed by atoms with E-state index < -0.39 is 83.3 Å². The predicted molar refractivity (Wildman–Crippen MR) is 164 cm³/mol. The second kappa shape index (κ2) is 13.9. The number of anilines is 1. The maximum atomic E-state index is 15.2. The smallest absolute Gasteiger partial charge is 0.417 e. The summed E-state index contributed by atoms with van der Waals surface area (Å²) in [6, 6.07) is 5.12. The third kappa shape index (κ3) is 7.23. The Labute approximate surface area is 273 Å². The summed E-state index contributed by atoms with van der Waals surface area (Å²) in [4.78, 5) is 44.0. The summed E-state index contributed by atoms with van der Waals surface area (Å²) in [5, 5.41) is 12.2. The zero-order valence-corrected chi connectivity index (χ0v) is 26.0. The lowest BCUT2D eigenvalue weighted by molar-refractivity contribution is -0.139. The number of alkyl halides is 5. The Bertz CT molecular complexity index is 1960. The topological polar surface area (TPSA) is 114 Å². The van der Waals surface area contributed by atoms with Gasteiger partial charge in [-0.15, -0.1) is 0 Å². The number of ether oxygens (including phenoxy) is 1. The summed E-state index contributed by atoms with van der Waals surface area (Å²) in [5.74, 6) is -5.74. The molecular formula is C33H29F7N4O5. The number of carboxylic acids is 1. The van der Waals surface area contributed by atoms with Crippen LogP contribution in [0, 0.1) is 18.6 Å². The van der Waals surface area contributed by atoms with Gasteiger partial charge >= 0.3 is 12.1 Å². The van der Waals surface area contributed by atoms with Crippen molar-refractivity contribution in [2.75, 3.05) is 24.7 Å². The van der Waals surface area contributed by atoms with Gasteiger partial charge in [0, 0.05) is 55.0 Å². The highest BCUT2D eigenvalue weighted by Crippen LogP contribution is 2.38. The van der Waals surface area contributed by atoms with Crippen molar-refractivity contribution in [2.24, 2.45) is 7.05 Å². The molecule has 0 bridgehead atoms. The van der Waals surface area contributed by atoms with Gasteiger partial charge < -0.3 is 24.6 Å². The number of hydrogen-bond acceptors (Lipinski definition) is 6. The van der Waals surface area contributed by atoms with Crippen molar-refractivity contribution in [3.05, 3.63) is 93.0 Å². The molecule has 1 amide bonds. The van der Waals surface area contributed by atoms with Gasteiger partial charge in [-0.2, -0.15) is 13.2 Å². The molecule has 4 aromatic rings. The van der Waals surface area contributed by atoms with E-state index in [2.05, 4.69) is 10.3 Å². The van der Waals surface area contributed by atoms with Crippen molar-refractivity contribution < 1.29 is 50.2 Å². The lowest BCUT2D eigenvalue weighted by Crippen LogP contribution is -2.46. The first kappa shape index (κ1) is 35.3. The van der Waals surface area contributed by atoms with Crippen LogP contribution in [0.3, 0.4) is 0 Å². The number of carboxylic acid groups (broad SMARTS) is 1. The van der Waals surface area contributed by atoms with E-state index in [0.717, 1.165) is 22.8 Å². The fourth-order valence-electron chi connectivity index (χ4n) is 5.90. The van der Waals surface area contributed by atoms with Crippen molar-refractivity contribution >= 4 is 28.5 Å². The Morgan fingerprint density at radius 1 is 1.12 bits per heavy atom. The molecule has 0 aliphatic carbocycles. The normalized spacial score (nSPS) is 15.9. The van der Waals surface area contributed by atoms with E-state index in [1.54, 1.807) is 0 Å². The van der Waals surface area contributed by atoms with Gasteiger partial charge in [-0.05, 0) is 36.8 Å². The molecule has 9 nitrogen and oxygen atoms in total. The Balaban J connectivity index is 1.47. The maximum Gasteiger partial charge on any atom is 0.417 e. The minimum Gasteiger partial charge on any atom is -0.480 e. The molecule has 2 N–H and O–H groups in total. The molecule has 49 heavy (non-hydrogen) atoms. The molecule has 1 saturated heterocycles. The number of nitrogens with zero attached hydrogens (tertiary/aromatic N) is 3. The Hall–Kier alpha value is -4.99. The molecule has 260 valence electrons. The first-order chi connectivity index (χ1) is 23.1. The Morgan fingerprint density at radius 2 is 1.82 bits per heavy atom. The quantitative estimate of drug-likeness (QED) is 0.223. The Kier molecular flexibility index (Phi) is 9.99. The minimum atomic E-state index is -4.90. The van der Waals surface area contributed by atoms with Gasteiger partial charge in [-0.3, -0.25) is 14.6 Å². The van der Waals surface area contributed by atoms with Gasteiger partial charge in [-0.1, -0.05) is 18.2 Å². The molecule has 2 atom stereocenters. The molecule has 0 unspecified atom stereocenters. The van der Waals surface area contributed by atoms with Crippen molar-refractivity contribution in [3.8, 4) is 11.1 Å². The second-order valence-electron chi connectivity index (χ2n) is 11.5. The number of carbonyl (C=O) groups is 2. The van der Waals surface area contributed by atoms with Crippen LogP contribution in [0.2, 0.25) is 0 Å². The number of aryl methyl sites for hydroxylation is 1. The second-order valence-corrected chi connectivity index (χ2v) is 11.5. The number of benzene rings is 2. The van der Waals surface area contributed by atoms with E-state index in [1.807, 2.05) is 0 Å². The first-order valence-electron chi connectivity index (χ1n) is 14.9. The number of halogens is 7. The number of aromatic nitrogens is 2. The maximum absolute atomic E-state index is 15.2.